The molecule has 0 aliphatic carbocycles. The first-order chi connectivity index (χ1) is 11.5. The zero-order valence-corrected chi connectivity index (χ0v) is 15.3. The van der Waals surface area contributed by atoms with Crippen molar-refractivity contribution in [1.82, 2.24) is 10.2 Å². The predicted molar refractivity (Wildman–Crippen MR) is 95.9 cm³/mol. The van der Waals surface area contributed by atoms with Crippen molar-refractivity contribution >= 4 is 5.91 Å². The van der Waals surface area contributed by atoms with Gasteiger partial charge in [-0.2, -0.15) is 0 Å². The van der Waals surface area contributed by atoms with Gasteiger partial charge in [0.05, 0.1) is 13.2 Å². The van der Waals surface area contributed by atoms with Gasteiger partial charge in [0.2, 0.25) is 0 Å². The summed E-state index contributed by atoms with van der Waals surface area (Å²) in [7, 11) is 3.59. The Balaban J connectivity index is 2.00. The molecule has 1 aromatic rings. The minimum atomic E-state index is 0.0667. The zero-order valence-electron chi connectivity index (χ0n) is 15.3. The van der Waals surface area contributed by atoms with E-state index >= 15 is 0 Å². The molecule has 1 fully saturated rings. The smallest absolute Gasteiger partial charge is 0.253 e. The van der Waals surface area contributed by atoms with E-state index in [1.54, 1.807) is 13.2 Å². The van der Waals surface area contributed by atoms with Crippen LogP contribution in [-0.2, 0) is 0 Å². The second-order valence-electron chi connectivity index (χ2n) is 6.66. The van der Waals surface area contributed by atoms with Crippen LogP contribution in [0.1, 0.15) is 43.5 Å². The van der Waals surface area contributed by atoms with Crippen LogP contribution in [0.3, 0.4) is 0 Å². The average Bonchev–Trinajstić information content (AvgIpc) is 2.59. The highest BCUT2D eigenvalue weighted by Gasteiger charge is 2.24. The molecule has 1 saturated heterocycles. The Labute approximate surface area is 145 Å². The van der Waals surface area contributed by atoms with Gasteiger partial charge in [0, 0.05) is 18.7 Å². The molecule has 0 unspecified atom stereocenters. The van der Waals surface area contributed by atoms with Crippen molar-refractivity contribution in [2.75, 3.05) is 33.8 Å². The number of carbonyl (C=O) groups is 1. The lowest BCUT2D eigenvalue weighted by Crippen LogP contribution is -2.39. The van der Waals surface area contributed by atoms with Crippen LogP contribution >= 0.6 is 0 Å². The minimum Gasteiger partial charge on any atom is -0.493 e. The molecule has 0 aromatic heterocycles. The van der Waals surface area contributed by atoms with Gasteiger partial charge in [-0.25, -0.2) is 0 Å². The zero-order chi connectivity index (χ0) is 17.5. The van der Waals surface area contributed by atoms with E-state index in [0.717, 1.165) is 38.4 Å². The van der Waals surface area contributed by atoms with E-state index in [1.165, 1.54) is 6.42 Å². The summed E-state index contributed by atoms with van der Waals surface area (Å²) in [6.07, 6.45) is 3.42. The summed E-state index contributed by atoms with van der Waals surface area (Å²) in [6, 6.07) is 5.44. The third-order valence-corrected chi connectivity index (χ3v) is 4.48. The molecule has 5 heteroatoms. The van der Waals surface area contributed by atoms with Crippen LogP contribution in [0.2, 0.25) is 0 Å². The van der Waals surface area contributed by atoms with Gasteiger partial charge in [-0.05, 0) is 70.8 Å². The van der Waals surface area contributed by atoms with E-state index in [0.29, 0.717) is 17.1 Å². The maximum absolute atomic E-state index is 12.7. The Morgan fingerprint density at radius 3 is 2.58 bits per heavy atom. The molecule has 1 heterocycles. The number of likely N-dealkylation sites (tertiary alicyclic amines) is 1. The van der Waals surface area contributed by atoms with E-state index in [-0.39, 0.29) is 12.0 Å². The number of rotatable bonds is 7. The van der Waals surface area contributed by atoms with Crippen LogP contribution in [0, 0.1) is 5.92 Å². The number of hydrogen-bond acceptors (Lipinski definition) is 4. The summed E-state index contributed by atoms with van der Waals surface area (Å²) >= 11 is 0. The quantitative estimate of drug-likeness (QED) is 0.833. The van der Waals surface area contributed by atoms with Crippen LogP contribution in [0.25, 0.3) is 0 Å². The van der Waals surface area contributed by atoms with Crippen molar-refractivity contribution in [3.05, 3.63) is 23.8 Å². The maximum Gasteiger partial charge on any atom is 0.253 e. The third-order valence-electron chi connectivity index (χ3n) is 4.48. The molecule has 1 aromatic carbocycles. The van der Waals surface area contributed by atoms with Crippen molar-refractivity contribution in [2.45, 2.75) is 39.2 Å². The Kier molecular flexibility index (Phi) is 6.91. The number of ether oxygens (including phenoxy) is 2. The average molecular weight is 334 g/mol. The molecule has 2 rings (SSSR count). The van der Waals surface area contributed by atoms with Gasteiger partial charge in [0.25, 0.3) is 5.91 Å². The molecule has 134 valence electrons. The van der Waals surface area contributed by atoms with Gasteiger partial charge in [-0.1, -0.05) is 0 Å². The fourth-order valence-corrected chi connectivity index (χ4v) is 3.11. The number of nitrogens with one attached hydrogen (secondary N) is 1. The molecule has 0 saturated carbocycles. The molecule has 1 aliphatic heterocycles. The highest BCUT2D eigenvalue weighted by atomic mass is 16.5. The van der Waals surface area contributed by atoms with Gasteiger partial charge in [0.15, 0.2) is 11.5 Å². The fraction of sp³-hybridized carbons (Fsp3) is 0.632. The summed E-state index contributed by atoms with van der Waals surface area (Å²) in [5, 5.41) is 3.20. The number of benzene rings is 1. The second-order valence-corrected chi connectivity index (χ2v) is 6.66. The highest BCUT2D eigenvalue weighted by molar-refractivity contribution is 5.95. The van der Waals surface area contributed by atoms with E-state index in [1.807, 2.05) is 37.9 Å². The van der Waals surface area contributed by atoms with Crippen molar-refractivity contribution in [2.24, 2.45) is 5.92 Å². The third kappa shape index (κ3) is 4.87. The molecule has 0 atom stereocenters. The van der Waals surface area contributed by atoms with Crippen molar-refractivity contribution in [1.29, 1.82) is 0 Å². The van der Waals surface area contributed by atoms with Gasteiger partial charge < -0.3 is 19.7 Å². The van der Waals surface area contributed by atoms with E-state index < -0.39 is 0 Å². The molecule has 1 amide bonds. The first-order valence-corrected chi connectivity index (χ1v) is 8.83. The summed E-state index contributed by atoms with van der Waals surface area (Å²) in [5.41, 5.74) is 0.664. The summed E-state index contributed by atoms with van der Waals surface area (Å²) in [6.45, 7) is 6.65. The molecular formula is C19H30N2O3. The normalized spacial score (nSPS) is 15.6. The van der Waals surface area contributed by atoms with Gasteiger partial charge in [-0.3, -0.25) is 4.79 Å². The number of piperidine rings is 1. The number of methoxy groups -OCH3 is 1. The lowest BCUT2D eigenvalue weighted by atomic mass is 9.93. The molecule has 24 heavy (non-hydrogen) atoms. The Morgan fingerprint density at radius 2 is 2.00 bits per heavy atom. The monoisotopic (exact) mass is 334 g/mol. The van der Waals surface area contributed by atoms with E-state index in [4.69, 9.17) is 9.47 Å². The Bertz CT molecular complexity index is 537. The number of amides is 1. The van der Waals surface area contributed by atoms with Crippen LogP contribution < -0.4 is 14.8 Å². The molecule has 0 radical (unpaired) electrons. The Morgan fingerprint density at radius 1 is 1.29 bits per heavy atom. The topological polar surface area (TPSA) is 50.8 Å². The lowest BCUT2D eigenvalue weighted by Gasteiger charge is -2.32. The Hall–Kier alpha value is -1.75. The lowest BCUT2D eigenvalue weighted by molar-refractivity contribution is 0.0686. The van der Waals surface area contributed by atoms with E-state index in [9.17, 15) is 4.79 Å². The molecular weight excluding hydrogens is 304 g/mol. The molecule has 1 N–H and O–H groups in total. The maximum atomic E-state index is 12.7. The summed E-state index contributed by atoms with van der Waals surface area (Å²) in [5.74, 6) is 2.09. The standard InChI is InChI=1S/C19H30N2O3/c1-14(2)24-17-6-5-16(13-18(17)23-4)19(22)21-11-8-15(9-12-21)7-10-20-3/h5-6,13-15,20H,7-12H2,1-4H3. The predicted octanol–water partition coefficient (Wildman–Crippen LogP) is 2.94. The van der Waals surface area contributed by atoms with Crippen molar-refractivity contribution < 1.29 is 14.3 Å². The first kappa shape index (κ1) is 18.6. The van der Waals surface area contributed by atoms with Crippen LogP contribution in [-0.4, -0.2) is 50.7 Å². The number of carbonyl (C=O) groups excluding carboxylic acids is 1. The summed E-state index contributed by atoms with van der Waals surface area (Å²) in [4.78, 5) is 14.7. The molecule has 0 spiro atoms. The van der Waals surface area contributed by atoms with Crippen LogP contribution in [0.15, 0.2) is 18.2 Å². The van der Waals surface area contributed by atoms with Gasteiger partial charge in [0.1, 0.15) is 0 Å². The largest absolute Gasteiger partial charge is 0.493 e. The fourth-order valence-electron chi connectivity index (χ4n) is 3.11. The van der Waals surface area contributed by atoms with Gasteiger partial charge in [-0.15, -0.1) is 0 Å². The highest BCUT2D eigenvalue weighted by Crippen LogP contribution is 2.30. The molecule has 5 nitrogen and oxygen atoms in total. The molecule has 0 bridgehead atoms. The van der Waals surface area contributed by atoms with Crippen molar-refractivity contribution in [3.63, 3.8) is 0 Å². The molecule has 1 aliphatic rings. The second kappa shape index (κ2) is 8.92. The van der Waals surface area contributed by atoms with Gasteiger partial charge >= 0.3 is 0 Å². The summed E-state index contributed by atoms with van der Waals surface area (Å²) < 4.78 is 11.1. The number of nitrogens with zero attached hydrogens (tertiary/aromatic N) is 1. The van der Waals surface area contributed by atoms with Crippen LogP contribution in [0.5, 0.6) is 11.5 Å². The first-order valence-electron chi connectivity index (χ1n) is 8.83. The van der Waals surface area contributed by atoms with Crippen LogP contribution in [0.4, 0.5) is 0 Å². The SMILES string of the molecule is CNCCC1CCN(C(=O)c2ccc(OC(C)C)c(OC)c2)CC1. The van der Waals surface area contributed by atoms with E-state index in [2.05, 4.69) is 5.32 Å². The number of hydrogen-bond donors (Lipinski definition) is 1. The minimum absolute atomic E-state index is 0.0667. The van der Waals surface area contributed by atoms with Crippen molar-refractivity contribution in [3.8, 4) is 11.5 Å².